The summed E-state index contributed by atoms with van der Waals surface area (Å²) in [5, 5.41) is 3.33. The first-order chi connectivity index (χ1) is 11.4. The van der Waals surface area contributed by atoms with Crippen LogP contribution in [0.3, 0.4) is 0 Å². The zero-order chi connectivity index (χ0) is 17.3. The fourth-order valence-corrected chi connectivity index (χ4v) is 3.32. The van der Waals surface area contributed by atoms with Crippen molar-refractivity contribution in [3.8, 4) is 0 Å². The van der Waals surface area contributed by atoms with Crippen molar-refractivity contribution < 1.29 is 4.79 Å². The van der Waals surface area contributed by atoms with Crippen molar-refractivity contribution in [2.75, 3.05) is 13.1 Å². The molecule has 2 aromatic rings. The smallest absolute Gasteiger partial charge is 0.237 e. The van der Waals surface area contributed by atoms with E-state index in [4.69, 9.17) is 0 Å². The second-order valence-electron chi connectivity index (χ2n) is 7.58. The molecule has 0 spiro atoms. The van der Waals surface area contributed by atoms with Crippen molar-refractivity contribution in [2.24, 2.45) is 0 Å². The highest BCUT2D eigenvalue weighted by atomic mass is 16.2. The topological polar surface area (TPSA) is 37.3 Å². The number of amides is 1. The molecule has 1 amide bonds. The Labute approximate surface area is 144 Å². The summed E-state index contributed by atoms with van der Waals surface area (Å²) >= 11 is 0. The minimum Gasteiger partial charge on any atom is -0.348 e. The number of carbonyl (C=O) groups excluding carboxylic acids is 1. The van der Waals surface area contributed by atoms with E-state index in [0.717, 1.165) is 13.1 Å². The molecule has 1 aliphatic rings. The number of aromatic nitrogens is 1. The van der Waals surface area contributed by atoms with Crippen molar-refractivity contribution >= 4 is 5.91 Å². The number of carbonyl (C=O) groups is 1. The van der Waals surface area contributed by atoms with E-state index in [2.05, 4.69) is 74.1 Å². The highest BCUT2D eigenvalue weighted by Gasteiger charge is 2.32. The van der Waals surface area contributed by atoms with Crippen LogP contribution in [-0.4, -0.2) is 34.0 Å². The molecule has 1 N–H and O–H groups in total. The standard InChI is InChI=1S/C20H27N3O/c1-15-8-5-6-9-16(15)19-17-10-7-11-22(17)12-13-23(19)18(24)14-21-20(2,3)4/h5-11,19,21H,12-14H2,1-4H3/t19-/m0/s1. The van der Waals surface area contributed by atoms with Crippen molar-refractivity contribution in [3.63, 3.8) is 0 Å². The van der Waals surface area contributed by atoms with E-state index in [-0.39, 0.29) is 17.5 Å². The second-order valence-corrected chi connectivity index (χ2v) is 7.58. The molecule has 0 unspecified atom stereocenters. The molecule has 0 fully saturated rings. The van der Waals surface area contributed by atoms with Gasteiger partial charge in [0.05, 0.1) is 12.6 Å². The van der Waals surface area contributed by atoms with Crippen LogP contribution in [0.2, 0.25) is 0 Å². The number of aryl methyl sites for hydroxylation is 1. The summed E-state index contributed by atoms with van der Waals surface area (Å²) in [5.74, 6) is 0.158. The molecule has 24 heavy (non-hydrogen) atoms. The number of hydrogen-bond donors (Lipinski definition) is 1. The maximum absolute atomic E-state index is 12.9. The lowest BCUT2D eigenvalue weighted by Gasteiger charge is -2.38. The molecule has 1 aromatic heterocycles. The van der Waals surface area contributed by atoms with Gasteiger partial charge in [0.1, 0.15) is 0 Å². The van der Waals surface area contributed by atoms with E-state index in [9.17, 15) is 4.79 Å². The highest BCUT2D eigenvalue weighted by Crippen LogP contribution is 2.34. The third-order valence-electron chi connectivity index (χ3n) is 4.61. The molecule has 0 saturated carbocycles. The fourth-order valence-electron chi connectivity index (χ4n) is 3.32. The summed E-state index contributed by atoms with van der Waals surface area (Å²) in [6, 6.07) is 12.6. The predicted molar refractivity (Wildman–Crippen MR) is 96.9 cm³/mol. The van der Waals surface area contributed by atoms with Gasteiger partial charge in [0.15, 0.2) is 0 Å². The summed E-state index contributed by atoms with van der Waals surface area (Å²) in [4.78, 5) is 14.9. The van der Waals surface area contributed by atoms with E-state index in [0.29, 0.717) is 6.54 Å². The normalized spacial score (nSPS) is 17.7. The van der Waals surface area contributed by atoms with Crippen molar-refractivity contribution in [3.05, 3.63) is 59.4 Å². The zero-order valence-electron chi connectivity index (χ0n) is 15.0. The van der Waals surface area contributed by atoms with Crippen molar-refractivity contribution in [1.82, 2.24) is 14.8 Å². The first-order valence-corrected chi connectivity index (χ1v) is 8.62. The molecular formula is C20H27N3O. The van der Waals surface area contributed by atoms with Gasteiger partial charge in [-0.25, -0.2) is 0 Å². The Bertz CT molecular complexity index is 726. The van der Waals surface area contributed by atoms with E-state index < -0.39 is 0 Å². The zero-order valence-corrected chi connectivity index (χ0v) is 15.0. The molecule has 1 aromatic carbocycles. The Balaban J connectivity index is 1.94. The number of benzene rings is 1. The molecule has 0 saturated heterocycles. The molecule has 4 nitrogen and oxygen atoms in total. The summed E-state index contributed by atoms with van der Waals surface area (Å²) in [6.45, 7) is 10.3. The molecule has 0 aliphatic carbocycles. The molecular weight excluding hydrogens is 298 g/mol. The molecule has 4 heteroatoms. The number of fused-ring (bicyclic) bond motifs is 1. The van der Waals surface area contributed by atoms with Crippen LogP contribution in [0.4, 0.5) is 0 Å². The van der Waals surface area contributed by atoms with Gasteiger partial charge in [-0.05, 0) is 51.0 Å². The van der Waals surface area contributed by atoms with Crippen LogP contribution >= 0.6 is 0 Å². The van der Waals surface area contributed by atoms with E-state index in [1.165, 1.54) is 16.8 Å². The summed E-state index contributed by atoms with van der Waals surface area (Å²) in [7, 11) is 0. The lowest BCUT2D eigenvalue weighted by Crippen LogP contribution is -2.49. The van der Waals surface area contributed by atoms with Crippen molar-refractivity contribution in [2.45, 2.75) is 45.8 Å². The van der Waals surface area contributed by atoms with Crippen LogP contribution in [0.25, 0.3) is 0 Å². The van der Waals surface area contributed by atoms with Gasteiger partial charge in [-0.3, -0.25) is 4.79 Å². The maximum Gasteiger partial charge on any atom is 0.237 e. The predicted octanol–water partition coefficient (Wildman–Crippen LogP) is 3.12. The van der Waals surface area contributed by atoms with Gasteiger partial charge in [0, 0.05) is 30.5 Å². The summed E-state index contributed by atoms with van der Waals surface area (Å²) in [5.41, 5.74) is 3.56. The third-order valence-corrected chi connectivity index (χ3v) is 4.61. The Kier molecular flexibility index (Phi) is 4.50. The maximum atomic E-state index is 12.9. The molecule has 128 valence electrons. The van der Waals surface area contributed by atoms with Gasteiger partial charge in [0.2, 0.25) is 5.91 Å². The van der Waals surface area contributed by atoms with Crippen LogP contribution in [0.5, 0.6) is 0 Å². The minimum atomic E-state index is -0.0657. The summed E-state index contributed by atoms with van der Waals surface area (Å²) in [6.07, 6.45) is 2.11. The molecule has 1 atom stereocenters. The number of rotatable bonds is 3. The highest BCUT2D eigenvalue weighted by molar-refractivity contribution is 5.79. The van der Waals surface area contributed by atoms with Gasteiger partial charge in [-0.1, -0.05) is 24.3 Å². The van der Waals surface area contributed by atoms with Gasteiger partial charge in [-0.2, -0.15) is 0 Å². The number of nitrogens with one attached hydrogen (secondary N) is 1. The summed E-state index contributed by atoms with van der Waals surface area (Å²) < 4.78 is 2.26. The van der Waals surface area contributed by atoms with Gasteiger partial charge in [0.25, 0.3) is 0 Å². The van der Waals surface area contributed by atoms with Gasteiger partial charge >= 0.3 is 0 Å². The van der Waals surface area contributed by atoms with Crippen LogP contribution in [0, 0.1) is 6.92 Å². The molecule has 0 bridgehead atoms. The van der Waals surface area contributed by atoms with E-state index in [1.54, 1.807) is 0 Å². The average molecular weight is 325 g/mol. The van der Waals surface area contributed by atoms with Gasteiger partial charge < -0.3 is 14.8 Å². The molecule has 3 rings (SSSR count). The Hall–Kier alpha value is -2.07. The lowest BCUT2D eigenvalue weighted by molar-refractivity contribution is -0.133. The minimum absolute atomic E-state index is 0.00998. The monoisotopic (exact) mass is 325 g/mol. The first-order valence-electron chi connectivity index (χ1n) is 8.62. The molecule has 2 heterocycles. The quantitative estimate of drug-likeness (QED) is 0.941. The average Bonchev–Trinajstić information content (AvgIpc) is 3.00. The fraction of sp³-hybridized carbons (Fsp3) is 0.450. The van der Waals surface area contributed by atoms with Crippen LogP contribution in [0.15, 0.2) is 42.6 Å². The number of nitrogens with zero attached hydrogens (tertiary/aromatic N) is 2. The Morgan fingerprint density at radius 2 is 1.92 bits per heavy atom. The SMILES string of the molecule is Cc1ccccc1[C@H]1c2cccn2CCN1C(=O)CNC(C)(C)C. The molecule has 0 radical (unpaired) electrons. The third kappa shape index (κ3) is 3.39. The van der Waals surface area contributed by atoms with E-state index in [1.807, 2.05) is 11.0 Å². The van der Waals surface area contributed by atoms with Crippen LogP contribution in [0.1, 0.15) is 43.6 Å². The lowest BCUT2D eigenvalue weighted by atomic mass is 9.95. The first kappa shape index (κ1) is 16.8. The second kappa shape index (κ2) is 6.44. The molecule has 1 aliphatic heterocycles. The largest absolute Gasteiger partial charge is 0.348 e. The van der Waals surface area contributed by atoms with Crippen molar-refractivity contribution in [1.29, 1.82) is 0 Å². The van der Waals surface area contributed by atoms with Crippen LogP contribution in [-0.2, 0) is 11.3 Å². The number of hydrogen-bond acceptors (Lipinski definition) is 2. The van der Waals surface area contributed by atoms with E-state index >= 15 is 0 Å². The Morgan fingerprint density at radius 1 is 1.17 bits per heavy atom. The van der Waals surface area contributed by atoms with Crippen LogP contribution < -0.4 is 5.32 Å². The Morgan fingerprint density at radius 3 is 2.62 bits per heavy atom. The van der Waals surface area contributed by atoms with Gasteiger partial charge in [-0.15, -0.1) is 0 Å².